The number of nitrogens with zero attached hydrogens (tertiary/aromatic N) is 2. The highest BCUT2D eigenvalue weighted by Crippen LogP contribution is 2.23. The largest absolute Gasteiger partial charge is 0.291 e. The van der Waals surface area contributed by atoms with Crippen LogP contribution in [0, 0.1) is 6.92 Å². The third-order valence-electron chi connectivity index (χ3n) is 2.18. The average Bonchev–Trinajstić information content (AvgIpc) is 2.19. The summed E-state index contributed by atoms with van der Waals surface area (Å²) in [5, 5.41) is 0.967. The quantitative estimate of drug-likeness (QED) is 0.744. The first-order valence-electron chi connectivity index (χ1n) is 4.53. The molecule has 0 unspecified atom stereocenters. The van der Waals surface area contributed by atoms with Gasteiger partial charge in [0.25, 0.3) is 0 Å². The van der Waals surface area contributed by atoms with E-state index in [1.165, 1.54) is 6.92 Å². The van der Waals surface area contributed by atoms with E-state index < -0.39 is 0 Å². The molecule has 3 nitrogen and oxygen atoms in total. The molecule has 1 aromatic heterocycles. The zero-order chi connectivity index (χ0) is 11.0. The van der Waals surface area contributed by atoms with E-state index in [1.807, 2.05) is 25.1 Å². The van der Waals surface area contributed by atoms with E-state index in [0.717, 1.165) is 21.1 Å². The smallest absolute Gasteiger partial charge is 0.196 e. The van der Waals surface area contributed by atoms with Gasteiger partial charge in [-0.1, -0.05) is 12.1 Å². The van der Waals surface area contributed by atoms with E-state index in [9.17, 15) is 4.79 Å². The van der Waals surface area contributed by atoms with Crippen LogP contribution in [0.4, 0.5) is 0 Å². The lowest BCUT2D eigenvalue weighted by Gasteiger charge is -2.04. The van der Waals surface area contributed by atoms with Gasteiger partial charge in [0, 0.05) is 22.5 Å². The summed E-state index contributed by atoms with van der Waals surface area (Å²) in [6.07, 6.45) is 0. The van der Waals surface area contributed by atoms with E-state index >= 15 is 0 Å². The molecule has 2 aromatic rings. The number of carbonyl (C=O) groups is 1. The van der Waals surface area contributed by atoms with Crippen molar-refractivity contribution < 1.29 is 4.79 Å². The maximum absolute atomic E-state index is 11.2. The predicted octanol–water partition coefficient (Wildman–Crippen LogP) is 2.90. The lowest BCUT2D eigenvalue weighted by molar-refractivity contribution is 0.100. The minimum absolute atomic E-state index is 0.115. The van der Waals surface area contributed by atoms with Gasteiger partial charge in [-0.15, -0.1) is 0 Å². The van der Waals surface area contributed by atoms with Gasteiger partial charge in [-0.2, -0.15) is 0 Å². The number of halogens is 1. The fraction of sp³-hybridized carbons (Fsp3) is 0.182. The second kappa shape index (κ2) is 3.70. The zero-order valence-corrected chi connectivity index (χ0v) is 10.00. The fourth-order valence-electron chi connectivity index (χ4n) is 1.43. The highest BCUT2D eigenvalue weighted by atomic mass is 79.9. The molecule has 0 amide bonds. The molecule has 1 heterocycles. The van der Waals surface area contributed by atoms with E-state index in [-0.39, 0.29) is 11.6 Å². The highest BCUT2D eigenvalue weighted by molar-refractivity contribution is 9.10. The monoisotopic (exact) mass is 264 g/mol. The molecule has 76 valence electrons. The Morgan fingerprint density at radius 1 is 1.33 bits per heavy atom. The van der Waals surface area contributed by atoms with Crippen molar-refractivity contribution in [2.45, 2.75) is 13.8 Å². The Morgan fingerprint density at radius 2 is 2.07 bits per heavy atom. The van der Waals surface area contributed by atoms with Gasteiger partial charge in [0.2, 0.25) is 0 Å². The Kier molecular flexibility index (Phi) is 2.52. The molecule has 0 aliphatic heterocycles. The lowest BCUT2D eigenvalue weighted by Crippen LogP contribution is -2.03. The number of ketones is 1. The lowest BCUT2D eigenvalue weighted by atomic mass is 10.2. The maximum atomic E-state index is 11.2. The highest BCUT2D eigenvalue weighted by Gasteiger charge is 2.09. The summed E-state index contributed by atoms with van der Waals surface area (Å²) in [6.45, 7) is 3.35. The molecule has 0 atom stereocenters. The molecule has 0 aliphatic rings. The van der Waals surface area contributed by atoms with Crippen molar-refractivity contribution in [2.75, 3.05) is 0 Å². The minimum Gasteiger partial charge on any atom is -0.291 e. The molecule has 0 aliphatic carbocycles. The van der Waals surface area contributed by atoms with Gasteiger partial charge in [0.15, 0.2) is 11.6 Å². The van der Waals surface area contributed by atoms with Crippen molar-refractivity contribution in [3.8, 4) is 0 Å². The molecule has 0 radical (unpaired) electrons. The van der Waals surface area contributed by atoms with Crippen LogP contribution in [0.1, 0.15) is 23.2 Å². The van der Waals surface area contributed by atoms with Crippen LogP contribution >= 0.6 is 15.9 Å². The number of rotatable bonds is 1. The third-order valence-corrected chi connectivity index (χ3v) is 2.82. The summed E-state index contributed by atoms with van der Waals surface area (Å²) in [7, 11) is 0. The molecule has 2 rings (SSSR count). The molecule has 15 heavy (non-hydrogen) atoms. The Balaban J connectivity index is 2.85. The summed E-state index contributed by atoms with van der Waals surface area (Å²) in [5.41, 5.74) is 1.61. The Hall–Kier alpha value is -1.29. The first kappa shape index (κ1) is 10.2. The van der Waals surface area contributed by atoms with E-state index in [0.29, 0.717) is 0 Å². The summed E-state index contributed by atoms with van der Waals surface area (Å²) in [6, 6.07) is 5.77. The van der Waals surface area contributed by atoms with Crippen molar-refractivity contribution in [3.63, 3.8) is 0 Å². The van der Waals surface area contributed by atoms with Gasteiger partial charge in [-0.3, -0.25) is 4.79 Å². The van der Waals surface area contributed by atoms with Gasteiger partial charge in [-0.25, -0.2) is 9.97 Å². The molecule has 0 saturated heterocycles. The number of carbonyl (C=O) groups excluding carboxylic acids is 1. The number of hydrogen-bond donors (Lipinski definition) is 0. The second-order valence-corrected chi connectivity index (χ2v) is 4.18. The molecule has 4 heteroatoms. The Bertz CT molecular complexity index is 552. The molecule has 0 saturated carbocycles. The maximum Gasteiger partial charge on any atom is 0.196 e. The number of hydrogen-bond acceptors (Lipinski definition) is 3. The van der Waals surface area contributed by atoms with Gasteiger partial charge in [-0.05, 0) is 28.9 Å². The standard InChI is InChI=1S/C11H9BrN2O/c1-6-8-4-3-5-9(12)10(8)14-11(13-6)7(2)15/h3-5H,1-2H3. The number of aryl methyl sites for hydroxylation is 1. The van der Waals surface area contributed by atoms with Crippen molar-refractivity contribution in [2.24, 2.45) is 0 Å². The van der Waals surface area contributed by atoms with E-state index in [4.69, 9.17) is 0 Å². The molecule has 0 N–H and O–H groups in total. The summed E-state index contributed by atoms with van der Waals surface area (Å²) >= 11 is 3.41. The van der Waals surface area contributed by atoms with Crippen molar-refractivity contribution in [1.29, 1.82) is 0 Å². The van der Waals surface area contributed by atoms with Crippen LogP contribution in [0.15, 0.2) is 22.7 Å². The van der Waals surface area contributed by atoms with E-state index in [2.05, 4.69) is 25.9 Å². The predicted molar refractivity (Wildman–Crippen MR) is 62.0 cm³/mol. The van der Waals surface area contributed by atoms with Gasteiger partial charge in [0.05, 0.1) is 5.52 Å². The third kappa shape index (κ3) is 1.77. The summed E-state index contributed by atoms with van der Waals surface area (Å²) in [4.78, 5) is 19.6. The molecule has 0 spiro atoms. The molecule has 1 aromatic carbocycles. The zero-order valence-electron chi connectivity index (χ0n) is 8.41. The number of fused-ring (bicyclic) bond motifs is 1. The van der Waals surface area contributed by atoms with Crippen LogP contribution in [-0.2, 0) is 0 Å². The van der Waals surface area contributed by atoms with E-state index in [1.54, 1.807) is 0 Å². The first-order valence-corrected chi connectivity index (χ1v) is 5.32. The average molecular weight is 265 g/mol. The minimum atomic E-state index is -0.115. The SMILES string of the molecule is CC(=O)c1nc(C)c2cccc(Br)c2n1. The topological polar surface area (TPSA) is 42.9 Å². The van der Waals surface area contributed by atoms with Crippen LogP contribution < -0.4 is 0 Å². The van der Waals surface area contributed by atoms with Gasteiger partial charge < -0.3 is 0 Å². The number of aromatic nitrogens is 2. The Morgan fingerprint density at radius 3 is 2.73 bits per heavy atom. The van der Waals surface area contributed by atoms with Crippen molar-refractivity contribution in [1.82, 2.24) is 9.97 Å². The molecular weight excluding hydrogens is 256 g/mol. The Labute approximate surface area is 95.7 Å². The van der Waals surface area contributed by atoms with Crippen LogP contribution in [-0.4, -0.2) is 15.8 Å². The van der Waals surface area contributed by atoms with Crippen molar-refractivity contribution >= 4 is 32.6 Å². The first-order chi connectivity index (χ1) is 7.09. The molecular formula is C11H9BrN2O. The van der Waals surface area contributed by atoms with Crippen LogP contribution in [0.3, 0.4) is 0 Å². The molecule has 0 fully saturated rings. The molecule has 0 bridgehead atoms. The normalized spacial score (nSPS) is 10.6. The van der Waals surface area contributed by atoms with Crippen molar-refractivity contribution in [3.05, 3.63) is 34.2 Å². The van der Waals surface area contributed by atoms with Gasteiger partial charge in [0.1, 0.15) is 0 Å². The number of Topliss-reactive ketones (excluding diaryl/α,β-unsaturated/α-hetero) is 1. The summed E-state index contributed by atoms with van der Waals surface area (Å²) in [5.74, 6) is 0.155. The van der Waals surface area contributed by atoms with Crippen LogP contribution in [0.2, 0.25) is 0 Å². The fourth-order valence-corrected chi connectivity index (χ4v) is 1.88. The van der Waals surface area contributed by atoms with Crippen LogP contribution in [0.5, 0.6) is 0 Å². The second-order valence-electron chi connectivity index (χ2n) is 3.32. The van der Waals surface area contributed by atoms with Crippen LogP contribution in [0.25, 0.3) is 10.9 Å². The summed E-state index contributed by atoms with van der Waals surface area (Å²) < 4.78 is 0.882. The number of para-hydroxylation sites is 1. The van der Waals surface area contributed by atoms with Gasteiger partial charge >= 0.3 is 0 Å². The number of benzene rings is 1.